The van der Waals surface area contributed by atoms with Gasteiger partial charge >= 0.3 is 11.9 Å². The van der Waals surface area contributed by atoms with Gasteiger partial charge in [0.2, 0.25) is 0 Å². The molecule has 200 valence electrons. The van der Waals surface area contributed by atoms with Crippen molar-refractivity contribution in [1.82, 2.24) is 0 Å². The smallest absolute Gasteiger partial charge is 0.308 e. The van der Waals surface area contributed by atoms with Crippen molar-refractivity contribution in [2.24, 2.45) is 52.3 Å². The topological polar surface area (TPSA) is 72.8 Å². The fourth-order valence-corrected chi connectivity index (χ4v) is 9.52. The quantitative estimate of drug-likeness (QED) is 0.467. The van der Waals surface area contributed by atoms with Crippen LogP contribution in [0.1, 0.15) is 106 Å². The standard InChI is InChI=1S/C30H50O5/c1-18(8-11-25(32)35-28(2,3)4)21-9-10-22-26-23(13-15-30(21,22)6)29(5)14-12-19(27(33)34-7)16-20(29)17-24(26)31/h18-24,26,31H,8-17H2,1-7H3. The highest BCUT2D eigenvalue weighted by Crippen LogP contribution is 2.68. The molecule has 0 heterocycles. The fourth-order valence-electron chi connectivity index (χ4n) is 9.52. The van der Waals surface area contributed by atoms with Crippen molar-refractivity contribution in [3.8, 4) is 0 Å². The molecule has 0 radical (unpaired) electrons. The number of aliphatic hydroxyl groups excluding tert-OH is 1. The van der Waals surface area contributed by atoms with Gasteiger partial charge in [-0.15, -0.1) is 0 Å². The van der Waals surface area contributed by atoms with E-state index in [-0.39, 0.29) is 34.8 Å². The number of carbonyl (C=O) groups excluding carboxylic acids is 2. The first-order valence-corrected chi connectivity index (χ1v) is 14.3. The van der Waals surface area contributed by atoms with E-state index in [1.54, 1.807) is 0 Å². The second-order valence-corrected chi connectivity index (χ2v) is 14.1. The van der Waals surface area contributed by atoms with Crippen LogP contribution in [-0.2, 0) is 19.1 Å². The first kappa shape index (κ1) is 26.9. The van der Waals surface area contributed by atoms with Crippen molar-refractivity contribution >= 4 is 11.9 Å². The summed E-state index contributed by atoms with van der Waals surface area (Å²) in [5, 5.41) is 11.5. The van der Waals surface area contributed by atoms with E-state index in [4.69, 9.17) is 9.47 Å². The zero-order valence-electron chi connectivity index (χ0n) is 23.3. The van der Waals surface area contributed by atoms with Crippen LogP contribution in [0.5, 0.6) is 0 Å². The van der Waals surface area contributed by atoms with Gasteiger partial charge in [-0.2, -0.15) is 0 Å². The predicted molar refractivity (Wildman–Crippen MR) is 136 cm³/mol. The lowest BCUT2D eigenvalue weighted by Crippen LogP contribution is -2.58. The van der Waals surface area contributed by atoms with Gasteiger partial charge in [0.15, 0.2) is 0 Å². The maximum Gasteiger partial charge on any atom is 0.308 e. The summed E-state index contributed by atoms with van der Waals surface area (Å²) in [4.78, 5) is 24.6. The number of hydrogen-bond acceptors (Lipinski definition) is 5. The molecular formula is C30H50O5. The van der Waals surface area contributed by atoms with Crippen LogP contribution in [0.3, 0.4) is 0 Å². The first-order valence-electron chi connectivity index (χ1n) is 14.3. The molecule has 0 amide bonds. The van der Waals surface area contributed by atoms with E-state index in [0.29, 0.717) is 41.9 Å². The maximum absolute atomic E-state index is 12.3. The van der Waals surface area contributed by atoms with Crippen LogP contribution in [0.25, 0.3) is 0 Å². The minimum atomic E-state index is -0.426. The summed E-state index contributed by atoms with van der Waals surface area (Å²) in [6.45, 7) is 13.1. The lowest BCUT2D eigenvalue weighted by Gasteiger charge is -2.62. The maximum atomic E-state index is 12.3. The van der Waals surface area contributed by atoms with Crippen LogP contribution >= 0.6 is 0 Å². The second kappa shape index (κ2) is 9.65. The molecule has 4 aliphatic carbocycles. The molecule has 35 heavy (non-hydrogen) atoms. The van der Waals surface area contributed by atoms with Crippen LogP contribution < -0.4 is 0 Å². The summed E-state index contributed by atoms with van der Waals surface area (Å²) in [6.07, 6.45) is 9.60. The Balaban J connectivity index is 1.45. The monoisotopic (exact) mass is 490 g/mol. The number of methoxy groups -OCH3 is 1. The molecule has 10 atom stereocenters. The lowest BCUT2D eigenvalue weighted by atomic mass is 9.43. The van der Waals surface area contributed by atoms with E-state index in [9.17, 15) is 14.7 Å². The van der Waals surface area contributed by atoms with Crippen molar-refractivity contribution in [2.45, 2.75) is 117 Å². The normalized spacial score (nSPS) is 43.9. The highest BCUT2D eigenvalue weighted by Gasteiger charge is 2.63. The number of hydrogen-bond donors (Lipinski definition) is 1. The van der Waals surface area contributed by atoms with E-state index in [1.807, 2.05) is 20.8 Å². The summed E-state index contributed by atoms with van der Waals surface area (Å²) < 4.78 is 10.6. The third-order valence-electron chi connectivity index (χ3n) is 11.2. The Labute approximate surface area is 213 Å². The van der Waals surface area contributed by atoms with E-state index < -0.39 is 5.60 Å². The molecule has 1 N–H and O–H groups in total. The number of esters is 2. The third-order valence-corrected chi connectivity index (χ3v) is 11.2. The van der Waals surface area contributed by atoms with Crippen LogP contribution in [0.15, 0.2) is 0 Å². The van der Waals surface area contributed by atoms with E-state index in [1.165, 1.54) is 32.8 Å². The Kier molecular flexibility index (Phi) is 7.43. The lowest BCUT2D eigenvalue weighted by molar-refractivity contribution is -0.176. The van der Waals surface area contributed by atoms with Crippen LogP contribution in [-0.4, -0.2) is 35.9 Å². The fraction of sp³-hybridized carbons (Fsp3) is 0.933. The largest absolute Gasteiger partial charge is 0.469 e. The Hall–Kier alpha value is -1.10. The van der Waals surface area contributed by atoms with E-state index in [2.05, 4.69) is 20.8 Å². The van der Waals surface area contributed by atoms with Gasteiger partial charge in [0.1, 0.15) is 5.60 Å². The molecule has 4 fully saturated rings. The average molecular weight is 491 g/mol. The predicted octanol–water partition coefficient (Wildman–Crippen LogP) is 6.16. The Bertz CT molecular complexity index is 801. The summed E-state index contributed by atoms with van der Waals surface area (Å²) in [7, 11) is 1.49. The summed E-state index contributed by atoms with van der Waals surface area (Å²) in [6, 6.07) is 0. The average Bonchev–Trinajstić information content (AvgIpc) is 3.13. The Morgan fingerprint density at radius 3 is 2.31 bits per heavy atom. The number of rotatable bonds is 5. The molecule has 0 aliphatic heterocycles. The van der Waals surface area contributed by atoms with Gasteiger partial charge in [0.25, 0.3) is 0 Å². The van der Waals surface area contributed by atoms with Gasteiger partial charge in [-0.05, 0) is 125 Å². The minimum Gasteiger partial charge on any atom is -0.469 e. The zero-order chi connectivity index (χ0) is 25.8. The molecule has 0 aromatic heterocycles. The van der Waals surface area contributed by atoms with Gasteiger partial charge in [-0.1, -0.05) is 20.8 Å². The van der Waals surface area contributed by atoms with E-state index >= 15 is 0 Å². The molecule has 0 aromatic rings. The molecule has 0 saturated heterocycles. The molecular weight excluding hydrogens is 440 g/mol. The highest BCUT2D eigenvalue weighted by molar-refractivity contribution is 5.72. The molecule has 5 nitrogen and oxygen atoms in total. The van der Waals surface area contributed by atoms with Gasteiger partial charge in [-0.3, -0.25) is 9.59 Å². The molecule has 4 saturated carbocycles. The molecule has 10 unspecified atom stereocenters. The highest BCUT2D eigenvalue weighted by atomic mass is 16.6. The second-order valence-electron chi connectivity index (χ2n) is 14.1. The van der Waals surface area contributed by atoms with Gasteiger partial charge in [-0.25, -0.2) is 0 Å². The minimum absolute atomic E-state index is 0.00244. The SMILES string of the molecule is COC(=O)C1CCC2(C)C(C1)CC(O)C1C2CCC2(C)C(C(C)CCC(=O)OC(C)(C)C)CCC12. The van der Waals surface area contributed by atoms with Gasteiger partial charge in [0.05, 0.1) is 19.1 Å². The van der Waals surface area contributed by atoms with Crippen LogP contribution in [0.2, 0.25) is 0 Å². The molecule has 4 aliphatic rings. The molecule has 0 spiro atoms. The van der Waals surface area contributed by atoms with Gasteiger partial charge in [0, 0.05) is 6.42 Å². The number of ether oxygens (including phenoxy) is 2. The Morgan fingerprint density at radius 1 is 1.00 bits per heavy atom. The number of fused-ring (bicyclic) bond motifs is 5. The molecule has 0 bridgehead atoms. The van der Waals surface area contributed by atoms with Crippen molar-refractivity contribution in [3.05, 3.63) is 0 Å². The third kappa shape index (κ3) is 4.92. The summed E-state index contributed by atoms with van der Waals surface area (Å²) in [5.41, 5.74) is 0.0301. The molecule has 5 heteroatoms. The summed E-state index contributed by atoms with van der Waals surface area (Å²) >= 11 is 0. The molecule has 0 aromatic carbocycles. The Morgan fingerprint density at radius 2 is 1.66 bits per heavy atom. The van der Waals surface area contributed by atoms with E-state index in [0.717, 1.165) is 32.1 Å². The first-order chi connectivity index (χ1) is 16.3. The van der Waals surface area contributed by atoms with Crippen LogP contribution in [0.4, 0.5) is 0 Å². The molecule has 4 rings (SSSR count). The number of carbonyl (C=O) groups is 2. The van der Waals surface area contributed by atoms with Crippen molar-refractivity contribution in [2.75, 3.05) is 7.11 Å². The number of aliphatic hydroxyl groups is 1. The summed E-state index contributed by atoms with van der Waals surface area (Å²) in [5.74, 6) is 2.80. The van der Waals surface area contributed by atoms with Crippen molar-refractivity contribution in [1.29, 1.82) is 0 Å². The van der Waals surface area contributed by atoms with Crippen molar-refractivity contribution < 1.29 is 24.2 Å². The zero-order valence-corrected chi connectivity index (χ0v) is 23.3. The van der Waals surface area contributed by atoms with Crippen LogP contribution in [0, 0.1) is 52.3 Å². The van der Waals surface area contributed by atoms with Gasteiger partial charge < -0.3 is 14.6 Å². The van der Waals surface area contributed by atoms with Crippen molar-refractivity contribution in [3.63, 3.8) is 0 Å².